The van der Waals surface area contributed by atoms with Crippen LogP contribution < -0.4 is 10.2 Å². The number of aromatic nitrogens is 3. The standard InChI is InChI=1S/C18H25N7.ClH/c1-15-16(12-17(13-19)23(15)2)14-20-6-7-24-8-10-25(11-9-24)18-21-4-3-5-22-18;/h3-5,12,20H,6-11,14H2,1-2H3;1H. The van der Waals surface area contributed by atoms with Crippen LogP contribution in [0.4, 0.5) is 5.95 Å². The van der Waals surface area contributed by atoms with Crippen LogP contribution in [0.1, 0.15) is 17.0 Å². The van der Waals surface area contributed by atoms with Gasteiger partial charge in [0.1, 0.15) is 11.8 Å². The molecule has 2 aromatic heterocycles. The van der Waals surface area contributed by atoms with Crippen molar-refractivity contribution in [2.45, 2.75) is 13.5 Å². The van der Waals surface area contributed by atoms with Gasteiger partial charge in [-0.1, -0.05) is 0 Å². The molecule has 1 aliphatic rings. The van der Waals surface area contributed by atoms with E-state index in [1.165, 1.54) is 5.56 Å². The van der Waals surface area contributed by atoms with E-state index in [1.54, 1.807) is 12.4 Å². The third-order valence-corrected chi connectivity index (χ3v) is 4.88. The predicted octanol–water partition coefficient (Wildman–Crippen LogP) is 1.33. The summed E-state index contributed by atoms with van der Waals surface area (Å²) in [4.78, 5) is 13.3. The second-order valence-corrected chi connectivity index (χ2v) is 6.37. The van der Waals surface area contributed by atoms with Crippen LogP contribution in [0.15, 0.2) is 24.5 Å². The fourth-order valence-corrected chi connectivity index (χ4v) is 3.13. The second kappa shape index (κ2) is 9.53. The molecule has 2 aromatic rings. The highest BCUT2D eigenvalue weighted by molar-refractivity contribution is 5.85. The summed E-state index contributed by atoms with van der Waals surface area (Å²) in [5, 5.41) is 12.6. The van der Waals surface area contributed by atoms with E-state index in [4.69, 9.17) is 5.26 Å². The molecule has 0 bridgehead atoms. The maximum Gasteiger partial charge on any atom is 0.225 e. The lowest BCUT2D eigenvalue weighted by Gasteiger charge is -2.34. The summed E-state index contributed by atoms with van der Waals surface area (Å²) in [6.07, 6.45) is 3.59. The summed E-state index contributed by atoms with van der Waals surface area (Å²) in [5.74, 6) is 0.827. The van der Waals surface area contributed by atoms with Crippen molar-refractivity contribution in [2.75, 3.05) is 44.2 Å². The first-order chi connectivity index (χ1) is 12.2. The predicted molar refractivity (Wildman–Crippen MR) is 105 cm³/mol. The molecule has 0 amide bonds. The highest BCUT2D eigenvalue weighted by Crippen LogP contribution is 2.13. The van der Waals surface area contributed by atoms with Crippen molar-refractivity contribution in [3.05, 3.63) is 41.5 Å². The normalized spacial score (nSPS) is 14.7. The Kier molecular flexibility index (Phi) is 7.39. The molecule has 1 fully saturated rings. The molecule has 0 aromatic carbocycles. The summed E-state index contributed by atoms with van der Waals surface area (Å²) in [6, 6.07) is 6.05. The van der Waals surface area contributed by atoms with Crippen molar-refractivity contribution in [1.29, 1.82) is 5.26 Å². The SMILES string of the molecule is Cc1c(CNCCN2CCN(c3ncccn3)CC2)cc(C#N)n1C.Cl. The number of hydrogen-bond acceptors (Lipinski definition) is 6. The molecule has 0 unspecified atom stereocenters. The highest BCUT2D eigenvalue weighted by atomic mass is 35.5. The number of nitrogens with one attached hydrogen (secondary N) is 1. The quantitative estimate of drug-likeness (QED) is 0.768. The largest absolute Gasteiger partial charge is 0.340 e. The molecule has 0 radical (unpaired) electrons. The monoisotopic (exact) mass is 375 g/mol. The Morgan fingerprint density at radius 1 is 1.19 bits per heavy atom. The number of anilines is 1. The van der Waals surface area contributed by atoms with Crippen LogP contribution in [0.2, 0.25) is 0 Å². The molecule has 1 saturated heterocycles. The zero-order valence-electron chi connectivity index (χ0n) is 15.4. The number of halogens is 1. The highest BCUT2D eigenvalue weighted by Gasteiger charge is 2.18. The maximum atomic E-state index is 9.09. The molecule has 26 heavy (non-hydrogen) atoms. The zero-order valence-corrected chi connectivity index (χ0v) is 16.2. The van der Waals surface area contributed by atoms with E-state index < -0.39 is 0 Å². The molecule has 8 heteroatoms. The smallest absolute Gasteiger partial charge is 0.225 e. The molecule has 1 N–H and O–H groups in total. The summed E-state index contributed by atoms with van der Waals surface area (Å²) < 4.78 is 1.95. The van der Waals surface area contributed by atoms with Crippen molar-refractivity contribution in [2.24, 2.45) is 7.05 Å². The average molecular weight is 376 g/mol. The minimum Gasteiger partial charge on any atom is -0.340 e. The Bertz CT molecular complexity index is 730. The van der Waals surface area contributed by atoms with Crippen LogP contribution in [0.3, 0.4) is 0 Å². The lowest BCUT2D eigenvalue weighted by Crippen LogP contribution is -2.48. The first-order valence-electron chi connectivity index (χ1n) is 8.69. The topological polar surface area (TPSA) is 73.0 Å². The summed E-state index contributed by atoms with van der Waals surface area (Å²) >= 11 is 0. The van der Waals surface area contributed by atoms with Crippen LogP contribution in [-0.2, 0) is 13.6 Å². The number of piperazine rings is 1. The molecular formula is C18H26ClN7. The van der Waals surface area contributed by atoms with Crippen LogP contribution in [0.5, 0.6) is 0 Å². The number of nitrogens with zero attached hydrogens (tertiary/aromatic N) is 6. The van der Waals surface area contributed by atoms with Gasteiger partial charge in [-0.05, 0) is 24.6 Å². The fraction of sp³-hybridized carbons (Fsp3) is 0.500. The Hall–Kier alpha value is -2.14. The molecule has 0 aliphatic carbocycles. The van der Waals surface area contributed by atoms with Gasteiger partial charge in [0.15, 0.2) is 0 Å². The van der Waals surface area contributed by atoms with Crippen LogP contribution in [-0.4, -0.2) is 58.7 Å². The van der Waals surface area contributed by atoms with E-state index >= 15 is 0 Å². The number of nitriles is 1. The van der Waals surface area contributed by atoms with Crippen molar-refractivity contribution < 1.29 is 0 Å². The minimum absolute atomic E-state index is 0. The van der Waals surface area contributed by atoms with Gasteiger partial charge < -0.3 is 14.8 Å². The molecular weight excluding hydrogens is 350 g/mol. The van der Waals surface area contributed by atoms with Crippen LogP contribution in [0.25, 0.3) is 0 Å². The molecule has 0 atom stereocenters. The van der Waals surface area contributed by atoms with Gasteiger partial charge in [-0.2, -0.15) is 5.26 Å². The molecule has 3 rings (SSSR count). The first kappa shape index (κ1) is 20.2. The third kappa shape index (κ3) is 4.73. The van der Waals surface area contributed by atoms with Gasteiger partial charge in [0.2, 0.25) is 5.95 Å². The third-order valence-electron chi connectivity index (χ3n) is 4.88. The molecule has 1 aliphatic heterocycles. The first-order valence-corrected chi connectivity index (χ1v) is 8.69. The van der Waals surface area contributed by atoms with Gasteiger partial charge in [-0.15, -0.1) is 12.4 Å². The molecule has 7 nitrogen and oxygen atoms in total. The lowest BCUT2D eigenvalue weighted by molar-refractivity contribution is 0.256. The summed E-state index contributed by atoms with van der Waals surface area (Å²) in [7, 11) is 1.94. The number of hydrogen-bond donors (Lipinski definition) is 1. The molecule has 0 saturated carbocycles. The van der Waals surface area contributed by atoms with Gasteiger partial charge >= 0.3 is 0 Å². The van der Waals surface area contributed by atoms with E-state index in [0.717, 1.165) is 57.5 Å². The lowest BCUT2D eigenvalue weighted by atomic mass is 10.2. The van der Waals surface area contributed by atoms with Gasteiger partial charge in [-0.25, -0.2) is 9.97 Å². The minimum atomic E-state index is 0. The van der Waals surface area contributed by atoms with Gasteiger partial charge in [0, 0.05) is 70.9 Å². The molecule has 3 heterocycles. The van der Waals surface area contributed by atoms with E-state index in [0.29, 0.717) is 5.69 Å². The Labute approximate surface area is 161 Å². The summed E-state index contributed by atoms with van der Waals surface area (Å²) in [5.41, 5.74) is 3.07. The van der Waals surface area contributed by atoms with Gasteiger partial charge in [0.25, 0.3) is 0 Å². The van der Waals surface area contributed by atoms with Crippen molar-refractivity contribution in [1.82, 2.24) is 24.8 Å². The zero-order chi connectivity index (χ0) is 17.6. The van der Waals surface area contributed by atoms with Crippen molar-refractivity contribution in [3.63, 3.8) is 0 Å². The Balaban J connectivity index is 0.00000243. The van der Waals surface area contributed by atoms with E-state index in [1.807, 2.05) is 23.7 Å². The second-order valence-electron chi connectivity index (χ2n) is 6.37. The van der Waals surface area contributed by atoms with Crippen molar-refractivity contribution >= 4 is 18.4 Å². The number of rotatable bonds is 6. The van der Waals surface area contributed by atoms with E-state index in [-0.39, 0.29) is 12.4 Å². The fourth-order valence-electron chi connectivity index (χ4n) is 3.13. The summed E-state index contributed by atoms with van der Waals surface area (Å²) in [6.45, 7) is 8.83. The molecule has 140 valence electrons. The average Bonchev–Trinajstić information content (AvgIpc) is 2.94. The maximum absolute atomic E-state index is 9.09. The van der Waals surface area contributed by atoms with Gasteiger partial charge in [-0.3, -0.25) is 4.90 Å². The Morgan fingerprint density at radius 2 is 1.88 bits per heavy atom. The van der Waals surface area contributed by atoms with Crippen molar-refractivity contribution in [3.8, 4) is 6.07 Å². The van der Waals surface area contributed by atoms with Gasteiger partial charge in [0.05, 0.1) is 0 Å². The van der Waals surface area contributed by atoms with E-state index in [9.17, 15) is 0 Å². The van der Waals surface area contributed by atoms with Crippen LogP contribution in [0, 0.1) is 18.3 Å². The van der Waals surface area contributed by atoms with E-state index in [2.05, 4.69) is 38.1 Å². The van der Waals surface area contributed by atoms with Crippen LogP contribution >= 0.6 is 12.4 Å². The molecule has 0 spiro atoms. The Morgan fingerprint density at radius 3 is 2.50 bits per heavy atom.